The van der Waals surface area contributed by atoms with E-state index in [2.05, 4.69) is 10.6 Å². The lowest BCUT2D eigenvalue weighted by atomic mass is 10.1. The van der Waals surface area contributed by atoms with Crippen molar-refractivity contribution >= 4 is 29.1 Å². The van der Waals surface area contributed by atoms with Crippen LogP contribution in [0.5, 0.6) is 5.75 Å². The number of para-hydroxylation sites is 1. The van der Waals surface area contributed by atoms with Gasteiger partial charge < -0.3 is 15.4 Å². The smallest absolute Gasteiger partial charge is 0.265 e. The van der Waals surface area contributed by atoms with Crippen LogP contribution in [0.25, 0.3) is 0 Å². The van der Waals surface area contributed by atoms with Crippen molar-refractivity contribution < 1.29 is 14.3 Å². The lowest BCUT2D eigenvalue weighted by Crippen LogP contribution is -2.32. The fraction of sp³-hybridized carbons (Fsp3) is 0.263. The first-order chi connectivity index (χ1) is 12.0. The molecular formula is C19H19ClN2O3. The normalized spacial score (nSPS) is 14.5. The zero-order valence-electron chi connectivity index (χ0n) is 13.8. The molecule has 1 fully saturated rings. The highest BCUT2D eigenvalue weighted by molar-refractivity contribution is 6.30. The van der Waals surface area contributed by atoms with Crippen molar-refractivity contribution in [1.29, 1.82) is 0 Å². The molecule has 2 amide bonds. The van der Waals surface area contributed by atoms with Gasteiger partial charge in [0.1, 0.15) is 5.75 Å². The quantitative estimate of drug-likeness (QED) is 0.828. The molecule has 1 aliphatic rings. The summed E-state index contributed by atoms with van der Waals surface area (Å²) in [6.45, 7) is 1.64. The Kier molecular flexibility index (Phi) is 5.24. The van der Waals surface area contributed by atoms with Crippen molar-refractivity contribution in [3.63, 3.8) is 0 Å². The second kappa shape index (κ2) is 7.57. The van der Waals surface area contributed by atoms with Crippen LogP contribution in [-0.2, 0) is 4.79 Å². The Balaban J connectivity index is 1.66. The number of amides is 2. The van der Waals surface area contributed by atoms with Crippen LogP contribution < -0.4 is 15.4 Å². The van der Waals surface area contributed by atoms with Crippen molar-refractivity contribution in [2.24, 2.45) is 0 Å². The van der Waals surface area contributed by atoms with Gasteiger partial charge in [-0.05, 0) is 50.1 Å². The number of ether oxygens (including phenoxy) is 1. The molecule has 6 heteroatoms. The van der Waals surface area contributed by atoms with Crippen LogP contribution in [0.15, 0.2) is 48.5 Å². The van der Waals surface area contributed by atoms with E-state index in [4.69, 9.17) is 16.3 Å². The van der Waals surface area contributed by atoms with E-state index in [9.17, 15) is 9.59 Å². The van der Waals surface area contributed by atoms with Gasteiger partial charge in [0.2, 0.25) is 0 Å². The molecule has 1 atom stereocenters. The molecule has 5 nitrogen and oxygen atoms in total. The SMILES string of the molecule is CC(Oc1cccc(Cl)c1)C(=O)Nc1ccccc1C(=O)NC1CC1. The summed E-state index contributed by atoms with van der Waals surface area (Å²) in [5.74, 6) is -0.0108. The van der Waals surface area contributed by atoms with E-state index in [1.165, 1.54) is 0 Å². The number of hydrogen-bond acceptors (Lipinski definition) is 3. The third kappa shape index (κ3) is 4.73. The number of halogens is 1. The van der Waals surface area contributed by atoms with Crippen LogP contribution in [0, 0.1) is 0 Å². The van der Waals surface area contributed by atoms with Gasteiger partial charge in [-0.25, -0.2) is 0 Å². The van der Waals surface area contributed by atoms with Crippen LogP contribution in [0.3, 0.4) is 0 Å². The minimum atomic E-state index is -0.738. The topological polar surface area (TPSA) is 67.4 Å². The summed E-state index contributed by atoms with van der Waals surface area (Å²) in [5.41, 5.74) is 0.907. The van der Waals surface area contributed by atoms with Gasteiger partial charge in [-0.2, -0.15) is 0 Å². The number of benzene rings is 2. The number of anilines is 1. The Hall–Kier alpha value is -2.53. The molecule has 3 rings (SSSR count). The van der Waals surface area contributed by atoms with Gasteiger partial charge in [0.15, 0.2) is 6.10 Å². The van der Waals surface area contributed by atoms with Gasteiger partial charge in [0.25, 0.3) is 11.8 Å². The summed E-state index contributed by atoms with van der Waals surface area (Å²) in [6.07, 6.45) is 1.27. The molecule has 0 spiro atoms. The van der Waals surface area contributed by atoms with E-state index < -0.39 is 6.10 Å². The van der Waals surface area contributed by atoms with Crippen molar-refractivity contribution in [1.82, 2.24) is 5.32 Å². The molecule has 1 aliphatic carbocycles. The number of nitrogens with one attached hydrogen (secondary N) is 2. The fourth-order valence-corrected chi connectivity index (χ4v) is 2.49. The molecule has 25 heavy (non-hydrogen) atoms. The molecule has 0 aliphatic heterocycles. The predicted octanol–water partition coefficient (Wildman–Crippen LogP) is 3.64. The zero-order valence-corrected chi connectivity index (χ0v) is 14.5. The average molecular weight is 359 g/mol. The standard InChI is InChI=1S/C19H19ClN2O3/c1-12(25-15-6-4-5-13(20)11-15)18(23)22-17-8-3-2-7-16(17)19(24)21-14-9-10-14/h2-8,11-12,14H,9-10H2,1H3,(H,21,24)(H,22,23). The van der Waals surface area contributed by atoms with Gasteiger partial charge >= 0.3 is 0 Å². The first kappa shape index (κ1) is 17.3. The third-order valence-electron chi connectivity index (χ3n) is 3.82. The van der Waals surface area contributed by atoms with Gasteiger partial charge in [-0.1, -0.05) is 29.8 Å². The Bertz CT molecular complexity index is 790. The fourth-order valence-electron chi connectivity index (χ4n) is 2.31. The molecule has 2 aromatic carbocycles. The molecule has 2 aromatic rings. The molecular weight excluding hydrogens is 340 g/mol. The summed E-state index contributed by atoms with van der Waals surface area (Å²) in [5, 5.41) is 6.22. The summed E-state index contributed by atoms with van der Waals surface area (Å²) in [6, 6.07) is 14.0. The van der Waals surface area contributed by atoms with Crippen LogP contribution in [-0.4, -0.2) is 24.0 Å². The van der Waals surface area contributed by atoms with E-state index in [1.807, 2.05) is 0 Å². The third-order valence-corrected chi connectivity index (χ3v) is 4.06. The van der Waals surface area contributed by atoms with Crippen molar-refractivity contribution in [3.05, 3.63) is 59.1 Å². The van der Waals surface area contributed by atoms with Crippen LogP contribution >= 0.6 is 11.6 Å². The van der Waals surface area contributed by atoms with Crippen molar-refractivity contribution in [3.8, 4) is 5.75 Å². The zero-order chi connectivity index (χ0) is 17.8. The van der Waals surface area contributed by atoms with E-state index in [-0.39, 0.29) is 17.9 Å². The largest absolute Gasteiger partial charge is 0.481 e. The van der Waals surface area contributed by atoms with Crippen LogP contribution in [0.1, 0.15) is 30.1 Å². The first-order valence-corrected chi connectivity index (χ1v) is 8.53. The lowest BCUT2D eigenvalue weighted by Gasteiger charge is -2.16. The number of rotatable bonds is 6. The minimum Gasteiger partial charge on any atom is -0.481 e. The Morgan fingerprint density at radius 3 is 2.64 bits per heavy atom. The summed E-state index contributed by atoms with van der Waals surface area (Å²) < 4.78 is 5.61. The molecule has 0 aromatic heterocycles. The minimum absolute atomic E-state index is 0.179. The van der Waals surface area contributed by atoms with Crippen LogP contribution in [0.2, 0.25) is 5.02 Å². The molecule has 2 N–H and O–H groups in total. The lowest BCUT2D eigenvalue weighted by molar-refractivity contribution is -0.122. The Morgan fingerprint density at radius 2 is 1.92 bits per heavy atom. The maximum atomic E-state index is 12.4. The average Bonchev–Trinajstić information content (AvgIpc) is 3.39. The van der Waals surface area contributed by atoms with E-state index in [0.717, 1.165) is 12.8 Å². The Morgan fingerprint density at radius 1 is 1.16 bits per heavy atom. The maximum absolute atomic E-state index is 12.4. The monoisotopic (exact) mass is 358 g/mol. The van der Waals surface area contributed by atoms with Gasteiger partial charge in [-0.3, -0.25) is 9.59 Å². The van der Waals surface area contributed by atoms with Crippen LogP contribution in [0.4, 0.5) is 5.69 Å². The van der Waals surface area contributed by atoms with Gasteiger partial charge in [0, 0.05) is 11.1 Å². The molecule has 0 saturated heterocycles. The highest BCUT2D eigenvalue weighted by Gasteiger charge is 2.25. The number of carbonyl (C=O) groups excluding carboxylic acids is 2. The molecule has 1 unspecified atom stereocenters. The molecule has 0 bridgehead atoms. The molecule has 130 valence electrons. The summed E-state index contributed by atoms with van der Waals surface area (Å²) >= 11 is 5.91. The van der Waals surface area contributed by atoms with Crippen molar-refractivity contribution in [2.75, 3.05) is 5.32 Å². The molecule has 0 radical (unpaired) electrons. The number of hydrogen-bond donors (Lipinski definition) is 2. The van der Waals surface area contributed by atoms with Gasteiger partial charge in [0.05, 0.1) is 11.3 Å². The van der Waals surface area contributed by atoms with E-state index in [1.54, 1.807) is 55.5 Å². The Labute approximate surface area is 151 Å². The predicted molar refractivity (Wildman–Crippen MR) is 97.1 cm³/mol. The second-order valence-corrected chi connectivity index (χ2v) is 6.44. The first-order valence-electron chi connectivity index (χ1n) is 8.16. The highest BCUT2D eigenvalue weighted by atomic mass is 35.5. The molecule has 1 saturated carbocycles. The molecule has 0 heterocycles. The number of carbonyl (C=O) groups is 2. The van der Waals surface area contributed by atoms with Crippen molar-refractivity contribution in [2.45, 2.75) is 31.9 Å². The maximum Gasteiger partial charge on any atom is 0.265 e. The van der Waals surface area contributed by atoms with E-state index >= 15 is 0 Å². The summed E-state index contributed by atoms with van der Waals surface area (Å²) in [7, 11) is 0. The van der Waals surface area contributed by atoms with E-state index in [0.29, 0.717) is 22.0 Å². The highest BCUT2D eigenvalue weighted by Crippen LogP contribution is 2.22. The van der Waals surface area contributed by atoms with Gasteiger partial charge in [-0.15, -0.1) is 0 Å². The second-order valence-electron chi connectivity index (χ2n) is 6.00. The summed E-state index contributed by atoms with van der Waals surface area (Å²) in [4.78, 5) is 24.7.